The lowest BCUT2D eigenvalue weighted by atomic mass is 9.71. The van der Waals surface area contributed by atoms with Gasteiger partial charge in [-0.15, -0.1) is 0 Å². The molecule has 2 N–H and O–H groups in total. The van der Waals surface area contributed by atoms with E-state index in [4.69, 9.17) is 10.5 Å². The van der Waals surface area contributed by atoms with Crippen LogP contribution in [0, 0.1) is 5.41 Å². The number of esters is 1. The molecule has 2 aliphatic heterocycles. The Morgan fingerprint density at radius 3 is 1.91 bits per heavy atom. The van der Waals surface area contributed by atoms with Gasteiger partial charge in [0.05, 0.1) is 6.04 Å². The Kier molecular flexibility index (Phi) is 10.5. The summed E-state index contributed by atoms with van der Waals surface area (Å²) in [6, 6.07) is 27.8. The van der Waals surface area contributed by atoms with Crippen LogP contribution in [0.15, 0.2) is 91.0 Å². The number of carbonyl (C=O) groups excluding carboxylic acids is 3. The Morgan fingerprint density at radius 1 is 0.867 bits per heavy atom. The first-order valence-electron chi connectivity index (χ1n) is 15.8. The number of aryl methyl sites for hydroxylation is 2. The number of likely N-dealkylation sites (tertiary alicyclic amines) is 2. The van der Waals surface area contributed by atoms with Crippen LogP contribution in [-0.2, 0) is 43.1 Å². The SMILES string of the molecule is C[C@H](N)C(=O)N1CCC[C@H]1C(=O)N1CCC(CCc2ccccc2)(CCc2ccccc2)[C@@]1(P=O)C(=O)OCc1ccccc1. The maximum absolute atomic E-state index is 14.5. The monoisotopic (exact) mass is 627 g/mol. The van der Waals surface area contributed by atoms with Gasteiger partial charge in [-0.25, -0.2) is 4.79 Å². The highest BCUT2D eigenvalue weighted by atomic mass is 31.1. The van der Waals surface area contributed by atoms with Gasteiger partial charge in [0.1, 0.15) is 12.6 Å². The molecule has 0 radical (unpaired) electrons. The molecular weight excluding hydrogens is 585 g/mol. The molecule has 0 aromatic heterocycles. The summed E-state index contributed by atoms with van der Waals surface area (Å²) >= 11 is 0. The predicted octanol–water partition coefficient (Wildman–Crippen LogP) is 5.54. The Bertz CT molecular complexity index is 1430. The van der Waals surface area contributed by atoms with E-state index in [-0.39, 0.29) is 25.0 Å². The van der Waals surface area contributed by atoms with Crippen LogP contribution < -0.4 is 5.73 Å². The van der Waals surface area contributed by atoms with Crippen LogP contribution in [0.1, 0.15) is 55.7 Å². The topological polar surface area (TPSA) is 110 Å². The maximum Gasteiger partial charge on any atom is 0.345 e. The second-order valence-electron chi connectivity index (χ2n) is 12.3. The summed E-state index contributed by atoms with van der Waals surface area (Å²) in [7, 11) is -0.498. The van der Waals surface area contributed by atoms with E-state index in [0.29, 0.717) is 51.5 Å². The summed E-state index contributed by atoms with van der Waals surface area (Å²) < 4.78 is 19.8. The quantitative estimate of drug-likeness (QED) is 0.209. The minimum atomic E-state index is -1.77. The van der Waals surface area contributed by atoms with E-state index in [1.54, 1.807) is 6.92 Å². The van der Waals surface area contributed by atoms with Gasteiger partial charge < -0.3 is 20.3 Å². The molecule has 8 nitrogen and oxygen atoms in total. The van der Waals surface area contributed by atoms with Crippen LogP contribution in [-0.4, -0.2) is 58.0 Å². The summed E-state index contributed by atoms with van der Waals surface area (Å²) in [6.07, 6.45) is 3.91. The van der Waals surface area contributed by atoms with Crippen LogP contribution in [0.25, 0.3) is 0 Å². The van der Waals surface area contributed by atoms with E-state index >= 15 is 0 Å². The minimum absolute atomic E-state index is 0.00878. The summed E-state index contributed by atoms with van der Waals surface area (Å²) in [6.45, 7) is 2.25. The highest BCUT2D eigenvalue weighted by Gasteiger charge is 2.67. The first-order chi connectivity index (χ1) is 21.8. The van der Waals surface area contributed by atoms with Crippen molar-refractivity contribution in [3.63, 3.8) is 0 Å². The first-order valence-corrected chi connectivity index (χ1v) is 16.6. The van der Waals surface area contributed by atoms with E-state index in [0.717, 1.165) is 16.7 Å². The second kappa shape index (κ2) is 14.5. The predicted molar refractivity (Wildman–Crippen MR) is 173 cm³/mol. The lowest BCUT2D eigenvalue weighted by Crippen LogP contribution is -2.61. The number of ether oxygens (including phenoxy) is 1. The minimum Gasteiger partial charge on any atom is -0.458 e. The normalized spacial score (nSPS) is 21.5. The molecule has 0 unspecified atom stereocenters. The van der Waals surface area contributed by atoms with E-state index in [9.17, 15) is 18.9 Å². The molecule has 0 aliphatic carbocycles. The fraction of sp³-hybridized carbons (Fsp3) is 0.417. The van der Waals surface area contributed by atoms with Crippen molar-refractivity contribution >= 4 is 26.2 Å². The molecule has 2 saturated heterocycles. The molecular formula is C36H42N3O5P. The van der Waals surface area contributed by atoms with E-state index in [1.807, 2.05) is 91.0 Å². The number of carbonyl (C=O) groups is 3. The molecule has 0 spiro atoms. The van der Waals surface area contributed by atoms with Gasteiger partial charge in [-0.2, -0.15) is 0 Å². The second-order valence-corrected chi connectivity index (χ2v) is 13.1. The molecule has 2 heterocycles. The summed E-state index contributed by atoms with van der Waals surface area (Å²) in [4.78, 5) is 45.1. The number of nitrogens with two attached hydrogens (primary N) is 1. The molecule has 45 heavy (non-hydrogen) atoms. The van der Waals surface area contributed by atoms with Crippen LogP contribution in [0.4, 0.5) is 0 Å². The lowest BCUT2D eigenvalue weighted by molar-refractivity contribution is -0.164. The molecule has 3 aromatic rings. The van der Waals surface area contributed by atoms with E-state index < -0.39 is 37.2 Å². The Balaban J connectivity index is 1.56. The highest BCUT2D eigenvalue weighted by molar-refractivity contribution is 7.28. The van der Waals surface area contributed by atoms with E-state index in [2.05, 4.69) is 0 Å². The number of benzene rings is 3. The zero-order valence-corrected chi connectivity index (χ0v) is 26.7. The molecule has 2 fully saturated rings. The van der Waals surface area contributed by atoms with Gasteiger partial charge in [0.2, 0.25) is 17.1 Å². The number of amides is 2. The first kappa shape index (κ1) is 32.5. The summed E-state index contributed by atoms with van der Waals surface area (Å²) in [5.74, 6) is -1.36. The lowest BCUT2D eigenvalue weighted by Gasteiger charge is -2.44. The molecule has 3 atom stereocenters. The summed E-state index contributed by atoms with van der Waals surface area (Å²) in [5, 5.41) is -1.77. The number of rotatable bonds is 12. The Morgan fingerprint density at radius 2 is 1.40 bits per heavy atom. The third-order valence-corrected chi connectivity index (χ3v) is 10.7. The van der Waals surface area contributed by atoms with Crippen molar-refractivity contribution in [3.8, 4) is 0 Å². The number of hydrogen-bond donors (Lipinski definition) is 1. The Labute approximate surface area is 267 Å². The largest absolute Gasteiger partial charge is 0.458 e. The molecule has 5 rings (SSSR count). The van der Waals surface area contributed by atoms with Crippen molar-refractivity contribution in [3.05, 3.63) is 108 Å². The van der Waals surface area contributed by atoms with Gasteiger partial charge in [-0.1, -0.05) is 91.0 Å². The third kappa shape index (κ3) is 6.73. The van der Waals surface area contributed by atoms with Gasteiger partial charge in [0.15, 0.2) is 8.46 Å². The van der Waals surface area contributed by atoms with Crippen LogP contribution >= 0.6 is 8.46 Å². The molecule has 2 amide bonds. The highest BCUT2D eigenvalue weighted by Crippen LogP contribution is 2.58. The van der Waals surface area contributed by atoms with Crippen LogP contribution in [0.5, 0.6) is 0 Å². The van der Waals surface area contributed by atoms with Gasteiger partial charge in [0, 0.05) is 18.5 Å². The van der Waals surface area contributed by atoms with Gasteiger partial charge in [0.25, 0.3) is 0 Å². The van der Waals surface area contributed by atoms with Crippen molar-refractivity contribution in [2.24, 2.45) is 11.1 Å². The molecule has 0 saturated carbocycles. The fourth-order valence-electron chi connectivity index (χ4n) is 7.06. The van der Waals surface area contributed by atoms with Crippen LogP contribution in [0.2, 0.25) is 0 Å². The average Bonchev–Trinajstić information content (AvgIpc) is 3.70. The Hall–Kier alpha value is -3.87. The van der Waals surface area contributed by atoms with Crippen molar-refractivity contribution in [1.82, 2.24) is 9.80 Å². The molecule has 236 valence electrons. The van der Waals surface area contributed by atoms with Crippen molar-refractivity contribution in [1.29, 1.82) is 0 Å². The zero-order valence-electron chi connectivity index (χ0n) is 25.8. The van der Waals surface area contributed by atoms with Crippen molar-refractivity contribution < 1.29 is 23.7 Å². The van der Waals surface area contributed by atoms with Crippen LogP contribution in [0.3, 0.4) is 0 Å². The van der Waals surface area contributed by atoms with Crippen molar-refractivity contribution in [2.75, 3.05) is 13.1 Å². The van der Waals surface area contributed by atoms with Gasteiger partial charge >= 0.3 is 5.97 Å². The fourth-order valence-corrected chi connectivity index (χ4v) is 8.03. The molecule has 2 aliphatic rings. The third-order valence-electron chi connectivity index (χ3n) is 9.52. The van der Waals surface area contributed by atoms with Gasteiger partial charge in [-0.3, -0.25) is 14.2 Å². The zero-order chi connectivity index (χ0) is 31.9. The maximum atomic E-state index is 14.5. The average molecular weight is 628 g/mol. The standard InChI is InChI=1S/C36H42N3O5P/c1-27(37)32(40)38-24-11-18-31(38)33(41)39-25-23-35(21-19-28-12-5-2-6-13-28,22-20-29-14-7-3-8-15-29)36(39,45-43)34(42)44-26-30-16-9-4-10-17-30/h2-10,12-17,27,31H,11,18-26,37H2,1H3/t27-,31-,36-/m0/s1. The smallest absolute Gasteiger partial charge is 0.345 e. The number of hydrogen-bond acceptors (Lipinski definition) is 6. The van der Waals surface area contributed by atoms with Gasteiger partial charge in [-0.05, 0) is 68.6 Å². The van der Waals surface area contributed by atoms with E-state index in [1.165, 1.54) is 9.80 Å². The summed E-state index contributed by atoms with van der Waals surface area (Å²) in [5.41, 5.74) is 8.07. The van der Waals surface area contributed by atoms with Crippen molar-refractivity contribution in [2.45, 2.75) is 75.8 Å². The number of nitrogens with zero attached hydrogens (tertiary/aromatic N) is 2. The molecule has 3 aromatic carbocycles. The molecule has 0 bridgehead atoms. The molecule has 9 heteroatoms.